The maximum atomic E-state index is 12.7. The average Bonchev–Trinajstić information content (AvgIpc) is 3.06. The molecule has 1 amide bonds. The summed E-state index contributed by atoms with van der Waals surface area (Å²) in [5.74, 6) is 3.06. The summed E-state index contributed by atoms with van der Waals surface area (Å²) in [6.45, 7) is 1.86. The lowest BCUT2D eigenvalue weighted by atomic mass is 10.2. The fraction of sp³-hybridized carbons (Fsp3) is 0.375. The quantitative estimate of drug-likeness (QED) is 0.793. The molecule has 8 heteroatoms. The molecule has 0 unspecified atom stereocenters. The predicted octanol–water partition coefficient (Wildman–Crippen LogP) is 1.79. The van der Waals surface area contributed by atoms with Crippen molar-refractivity contribution in [3.05, 3.63) is 41.8 Å². The molecule has 0 spiro atoms. The molecule has 0 atom stereocenters. The van der Waals surface area contributed by atoms with Crippen molar-refractivity contribution >= 4 is 5.91 Å². The van der Waals surface area contributed by atoms with Gasteiger partial charge in [0, 0.05) is 25.1 Å². The second-order valence-corrected chi connectivity index (χ2v) is 6.27. The monoisotopic (exact) mass is 324 g/mol. The number of aromatic nitrogens is 5. The molecule has 1 saturated carbocycles. The van der Waals surface area contributed by atoms with Crippen molar-refractivity contribution in [2.75, 3.05) is 6.54 Å². The zero-order valence-corrected chi connectivity index (χ0v) is 13.0. The van der Waals surface area contributed by atoms with Crippen LogP contribution in [0.15, 0.2) is 28.9 Å². The number of hydrogen-bond acceptors (Lipinski definition) is 5. The molecule has 2 aliphatic rings. The van der Waals surface area contributed by atoms with Gasteiger partial charge in [-0.2, -0.15) is 5.10 Å². The van der Waals surface area contributed by atoms with E-state index < -0.39 is 0 Å². The molecule has 122 valence electrons. The van der Waals surface area contributed by atoms with E-state index in [1.54, 1.807) is 23.3 Å². The lowest BCUT2D eigenvalue weighted by molar-refractivity contribution is 0.0700. The minimum absolute atomic E-state index is 0.105. The third-order valence-electron chi connectivity index (χ3n) is 4.60. The van der Waals surface area contributed by atoms with Crippen LogP contribution in [0.3, 0.4) is 0 Å². The van der Waals surface area contributed by atoms with Crippen LogP contribution in [0.2, 0.25) is 0 Å². The van der Waals surface area contributed by atoms with Gasteiger partial charge in [-0.15, -0.1) is 10.2 Å². The lowest BCUT2D eigenvalue weighted by Crippen LogP contribution is -2.39. The summed E-state index contributed by atoms with van der Waals surface area (Å²) < 4.78 is 7.48. The molecule has 1 aliphatic carbocycles. The van der Waals surface area contributed by atoms with Gasteiger partial charge in [0.2, 0.25) is 0 Å². The van der Waals surface area contributed by atoms with E-state index in [1.807, 2.05) is 6.07 Å². The predicted molar refractivity (Wildman–Crippen MR) is 83.0 cm³/mol. The molecule has 3 aromatic rings. The fourth-order valence-corrected chi connectivity index (χ4v) is 3.15. The Kier molecular flexibility index (Phi) is 2.85. The highest BCUT2D eigenvalue weighted by atomic mass is 16.3. The standard InChI is InChI=1S/C16H16N6O2/c23-16(12-8-11(17-18-12)13-2-1-7-24-13)21-5-6-22-14(9-21)19-20-15(22)10-3-4-10/h1-2,7-8,10H,3-6,9H2,(H,17,18). The lowest BCUT2D eigenvalue weighted by Gasteiger charge is -2.27. The Morgan fingerprint density at radius 1 is 1.29 bits per heavy atom. The van der Waals surface area contributed by atoms with Crippen LogP contribution in [0.25, 0.3) is 11.5 Å². The number of fused-ring (bicyclic) bond motifs is 1. The summed E-state index contributed by atoms with van der Waals surface area (Å²) >= 11 is 0. The topological polar surface area (TPSA) is 92.8 Å². The van der Waals surface area contributed by atoms with E-state index in [0.29, 0.717) is 36.2 Å². The highest BCUT2D eigenvalue weighted by molar-refractivity contribution is 5.93. The van der Waals surface area contributed by atoms with E-state index >= 15 is 0 Å². The third kappa shape index (κ3) is 2.14. The molecule has 4 heterocycles. The molecule has 8 nitrogen and oxygen atoms in total. The smallest absolute Gasteiger partial charge is 0.274 e. The summed E-state index contributed by atoms with van der Waals surface area (Å²) in [7, 11) is 0. The van der Waals surface area contributed by atoms with E-state index in [1.165, 1.54) is 12.8 Å². The van der Waals surface area contributed by atoms with E-state index in [4.69, 9.17) is 4.42 Å². The van der Waals surface area contributed by atoms with Crippen molar-refractivity contribution in [1.82, 2.24) is 29.9 Å². The fourth-order valence-electron chi connectivity index (χ4n) is 3.15. The average molecular weight is 324 g/mol. The Hall–Kier alpha value is -2.90. The first-order valence-electron chi connectivity index (χ1n) is 8.10. The molecular formula is C16H16N6O2. The van der Waals surface area contributed by atoms with Gasteiger partial charge in [0.05, 0.1) is 12.8 Å². The number of aromatic amines is 1. The third-order valence-corrected chi connectivity index (χ3v) is 4.60. The summed E-state index contributed by atoms with van der Waals surface area (Å²) in [5, 5.41) is 15.5. The molecule has 0 radical (unpaired) electrons. The zero-order chi connectivity index (χ0) is 16.1. The second-order valence-electron chi connectivity index (χ2n) is 6.27. The first-order valence-corrected chi connectivity index (χ1v) is 8.10. The van der Waals surface area contributed by atoms with E-state index in [0.717, 1.165) is 18.2 Å². The van der Waals surface area contributed by atoms with Gasteiger partial charge in [-0.3, -0.25) is 9.89 Å². The van der Waals surface area contributed by atoms with Crippen LogP contribution in [0.1, 0.15) is 40.9 Å². The summed E-state index contributed by atoms with van der Waals surface area (Å²) in [6, 6.07) is 5.34. The maximum absolute atomic E-state index is 12.7. The summed E-state index contributed by atoms with van der Waals surface area (Å²) in [6.07, 6.45) is 3.99. The van der Waals surface area contributed by atoms with E-state index in [-0.39, 0.29) is 5.91 Å². The van der Waals surface area contributed by atoms with E-state index in [2.05, 4.69) is 25.0 Å². The Bertz CT molecular complexity index is 890. The first kappa shape index (κ1) is 13.5. The van der Waals surface area contributed by atoms with Crippen molar-refractivity contribution in [2.45, 2.75) is 31.8 Å². The van der Waals surface area contributed by atoms with Crippen molar-refractivity contribution in [3.8, 4) is 11.5 Å². The molecular weight excluding hydrogens is 308 g/mol. The number of H-pyrrole nitrogens is 1. The van der Waals surface area contributed by atoms with Gasteiger partial charge >= 0.3 is 0 Å². The Balaban J connectivity index is 1.36. The number of carbonyl (C=O) groups is 1. The Labute approximate surface area is 137 Å². The summed E-state index contributed by atoms with van der Waals surface area (Å²) in [5.41, 5.74) is 1.08. The van der Waals surface area contributed by atoms with Crippen molar-refractivity contribution in [3.63, 3.8) is 0 Å². The molecule has 5 rings (SSSR count). The van der Waals surface area contributed by atoms with Gasteiger partial charge in [-0.25, -0.2) is 0 Å². The highest BCUT2D eigenvalue weighted by Gasteiger charge is 2.33. The number of hydrogen-bond donors (Lipinski definition) is 1. The van der Waals surface area contributed by atoms with Gasteiger partial charge < -0.3 is 13.9 Å². The van der Waals surface area contributed by atoms with Crippen LogP contribution in [-0.4, -0.2) is 42.3 Å². The highest BCUT2D eigenvalue weighted by Crippen LogP contribution is 2.39. The minimum Gasteiger partial charge on any atom is -0.463 e. The molecule has 1 fully saturated rings. The minimum atomic E-state index is -0.105. The van der Waals surface area contributed by atoms with Gasteiger partial charge in [0.15, 0.2) is 17.3 Å². The van der Waals surface area contributed by atoms with E-state index in [9.17, 15) is 4.79 Å². The van der Waals surface area contributed by atoms with Crippen molar-refractivity contribution < 1.29 is 9.21 Å². The molecule has 3 aromatic heterocycles. The number of carbonyl (C=O) groups excluding carboxylic acids is 1. The normalized spacial score (nSPS) is 17.1. The molecule has 24 heavy (non-hydrogen) atoms. The molecule has 0 aromatic carbocycles. The molecule has 0 saturated heterocycles. The van der Waals surface area contributed by atoms with Gasteiger partial charge in [-0.1, -0.05) is 0 Å². The number of nitrogens with one attached hydrogen (secondary N) is 1. The van der Waals surface area contributed by atoms with Crippen molar-refractivity contribution in [2.24, 2.45) is 0 Å². The number of furan rings is 1. The Morgan fingerprint density at radius 3 is 3.00 bits per heavy atom. The van der Waals surface area contributed by atoms with Gasteiger partial charge in [-0.05, 0) is 25.0 Å². The van der Waals surface area contributed by atoms with Crippen LogP contribution in [0.5, 0.6) is 0 Å². The Morgan fingerprint density at radius 2 is 2.21 bits per heavy atom. The van der Waals surface area contributed by atoms with Gasteiger partial charge in [0.1, 0.15) is 11.5 Å². The first-order chi connectivity index (χ1) is 11.8. The molecule has 0 bridgehead atoms. The van der Waals surface area contributed by atoms with Crippen LogP contribution < -0.4 is 0 Å². The zero-order valence-electron chi connectivity index (χ0n) is 13.0. The van der Waals surface area contributed by atoms with Crippen LogP contribution in [0, 0.1) is 0 Å². The maximum Gasteiger partial charge on any atom is 0.274 e. The number of nitrogens with zero attached hydrogens (tertiary/aromatic N) is 5. The van der Waals surface area contributed by atoms with Crippen molar-refractivity contribution in [1.29, 1.82) is 0 Å². The number of amides is 1. The number of rotatable bonds is 3. The molecule has 1 aliphatic heterocycles. The van der Waals surface area contributed by atoms with Crippen LogP contribution in [0.4, 0.5) is 0 Å². The summed E-state index contributed by atoms with van der Waals surface area (Å²) in [4.78, 5) is 14.5. The largest absolute Gasteiger partial charge is 0.463 e. The molecule has 1 N–H and O–H groups in total. The van der Waals surface area contributed by atoms with Crippen LogP contribution >= 0.6 is 0 Å². The SMILES string of the molecule is O=C(c1cc(-c2ccco2)[nH]n1)N1CCn2c(nnc2C2CC2)C1. The van der Waals surface area contributed by atoms with Crippen LogP contribution in [-0.2, 0) is 13.1 Å². The second kappa shape index (κ2) is 5.05. The van der Waals surface area contributed by atoms with Gasteiger partial charge in [0.25, 0.3) is 5.91 Å².